The summed E-state index contributed by atoms with van der Waals surface area (Å²) in [5, 5.41) is 0. The maximum absolute atomic E-state index is 2.54. The van der Waals surface area contributed by atoms with Crippen LogP contribution in [0.15, 0.2) is 42.7 Å². The second-order valence-corrected chi connectivity index (χ2v) is 10.4. The van der Waals surface area contributed by atoms with Crippen LogP contribution in [0, 0.1) is 0 Å². The van der Waals surface area contributed by atoms with Gasteiger partial charge in [-0.1, -0.05) is 135 Å². The van der Waals surface area contributed by atoms with Crippen LogP contribution in [-0.2, 0) is 13.0 Å². The van der Waals surface area contributed by atoms with Gasteiger partial charge < -0.3 is 0 Å². The lowest BCUT2D eigenvalue weighted by atomic mass is 10.0. The van der Waals surface area contributed by atoms with E-state index in [1.54, 1.807) is 0 Å². The molecular weight excluding hydrogens is 412 g/mol. The van der Waals surface area contributed by atoms with Crippen molar-refractivity contribution in [2.24, 2.45) is 0 Å². The van der Waals surface area contributed by atoms with Crippen LogP contribution in [0.1, 0.15) is 142 Å². The molecule has 2 rings (SSSR count). The highest BCUT2D eigenvalue weighted by Crippen LogP contribution is 2.15. The molecule has 0 aliphatic carbocycles. The quantitative estimate of drug-likeness (QED) is 0.120. The number of rotatable bonds is 22. The molecule has 34 heavy (non-hydrogen) atoms. The number of aryl methyl sites for hydroxylation is 1. The number of benzene rings is 1. The molecule has 0 aliphatic heterocycles. The summed E-state index contributed by atoms with van der Waals surface area (Å²) in [7, 11) is 0. The number of unbranched alkanes of at least 4 members (excludes halogenated alkanes) is 17. The minimum absolute atomic E-state index is 1.17. The third kappa shape index (κ3) is 12.2. The van der Waals surface area contributed by atoms with E-state index in [1.165, 1.54) is 146 Å². The van der Waals surface area contributed by atoms with Gasteiger partial charge in [0.15, 0.2) is 0 Å². The highest BCUT2D eigenvalue weighted by Gasteiger charge is 2.18. The molecule has 0 aliphatic rings. The normalized spacial score (nSPS) is 11.4. The van der Waals surface area contributed by atoms with E-state index >= 15 is 0 Å². The van der Waals surface area contributed by atoms with Crippen LogP contribution in [0.3, 0.4) is 0 Å². The van der Waals surface area contributed by atoms with Gasteiger partial charge in [-0.3, -0.25) is 0 Å². The Kier molecular flexibility index (Phi) is 16.6. The van der Waals surface area contributed by atoms with E-state index in [2.05, 4.69) is 65.7 Å². The summed E-state index contributed by atoms with van der Waals surface area (Å²) in [6.07, 6.45) is 32.4. The zero-order chi connectivity index (χ0) is 24.1. The average Bonchev–Trinajstić information content (AvgIpc) is 3.27. The van der Waals surface area contributed by atoms with E-state index in [1.807, 2.05) is 0 Å². The standard InChI is InChI=1S/C32H55N2/c1-3-5-7-9-11-12-13-14-15-16-17-19-24-28-33-29-30-34(31-25-21-20-22-26-31)32(33)27-23-18-10-8-6-4-2/h20-22,25-26,29-30H,3-19,23-24,27-28H2,1-2H3/q+1. The van der Waals surface area contributed by atoms with Crippen LogP contribution >= 0.6 is 0 Å². The van der Waals surface area contributed by atoms with Crippen molar-refractivity contribution in [3.05, 3.63) is 48.5 Å². The Hall–Kier alpha value is -1.57. The summed E-state index contributed by atoms with van der Waals surface area (Å²) in [5.41, 5.74) is 1.30. The molecule has 1 aromatic carbocycles. The highest BCUT2D eigenvalue weighted by atomic mass is 15.1. The van der Waals surface area contributed by atoms with E-state index < -0.39 is 0 Å². The first-order valence-electron chi connectivity index (χ1n) is 15.0. The number of hydrogen-bond acceptors (Lipinski definition) is 0. The molecule has 2 heteroatoms. The summed E-state index contributed by atoms with van der Waals surface area (Å²) in [4.78, 5) is 0. The van der Waals surface area contributed by atoms with Gasteiger partial charge >= 0.3 is 0 Å². The fraction of sp³-hybridized carbons (Fsp3) is 0.719. The Balaban J connectivity index is 1.66. The molecule has 1 heterocycles. The van der Waals surface area contributed by atoms with Crippen molar-refractivity contribution in [3.63, 3.8) is 0 Å². The van der Waals surface area contributed by atoms with Gasteiger partial charge in [0.05, 0.1) is 6.54 Å². The molecule has 0 unspecified atom stereocenters. The molecule has 0 fully saturated rings. The highest BCUT2D eigenvalue weighted by molar-refractivity contribution is 5.31. The summed E-state index contributed by atoms with van der Waals surface area (Å²) in [6, 6.07) is 10.9. The molecule has 0 atom stereocenters. The van der Waals surface area contributed by atoms with E-state index in [-0.39, 0.29) is 0 Å². The predicted octanol–water partition coefficient (Wildman–Crippen LogP) is 9.76. The first-order valence-corrected chi connectivity index (χ1v) is 15.0. The van der Waals surface area contributed by atoms with Gasteiger partial charge in [0.25, 0.3) is 5.82 Å². The fourth-order valence-electron chi connectivity index (χ4n) is 5.11. The number of para-hydroxylation sites is 1. The van der Waals surface area contributed by atoms with Gasteiger partial charge in [-0.05, 0) is 31.4 Å². The van der Waals surface area contributed by atoms with Crippen LogP contribution in [0.4, 0.5) is 0 Å². The second-order valence-electron chi connectivity index (χ2n) is 10.4. The van der Waals surface area contributed by atoms with Crippen molar-refractivity contribution in [1.82, 2.24) is 4.57 Å². The maximum atomic E-state index is 2.54. The lowest BCUT2D eigenvalue weighted by molar-refractivity contribution is -0.704. The molecule has 2 aromatic rings. The van der Waals surface area contributed by atoms with Crippen LogP contribution < -0.4 is 4.57 Å². The van der Waals surface area contributed by atoms with Crippen molar-refractivity contribution in [2.75, 3.05) is 0 Å². The minimum atomic E-state index is 1.17. The first-order chi connectivity index (χ1) is 16.9. The third-order valence-corrected chi connectivity index (χ3v) is 7.30. The summed E-state index contributed by atoms with van der Waals surface area (Å²) in [6.45, 7) is 5.77. The largest absolute Gasteiger partial charge is 0.261 e. The molecule has 0 bridgehead atoms. The molecule has 2 nitrogen and oxygen atoms in total. The Morgan fingerprint density at radius 1 is 0.559 bits per heavy atom. The monoisotopic (exact) mass is 467 g/mol. The Bertz CT molecular complexity index is 703. The molecule has 0 N–H and O–H groups in total. The van der Waals surface area contributed by atoms with Crippen LogP contribution in [-0.4, -0.2) is 4.57 Å². The number of imidazole rings is 1. The zero-order valence-electron chi connectivity index (χ0n) is 22.8. The Morgan fingerprint density at radius 2 is 1.03 bits per heavy atom. The molecule has 0 amide bonds. The summed E-state index contributed by atoms with van der Waals surface area (Å²) >= 11 is 0. The molecule has 0 spiro atoms. The van der Waals surface area contributed by atoms with E-state index in [0.717, 1.165) is 0 Å². The van der Waals surface area contributed by atoms with Crippen molar-refractivity contribution < 1.29 is 4.57 Å². The van der Waals surface area contributed by atoms with Gasteiger partial charge in [-0.25, -0.2) is 4.57 Å². The molecule has 0 radical (unpaired) electrons. The van der Waals surface area contributed by atoms with Crippen LogP contribution in [0.25, 0.3) is 5.69 Å². The zero-order valence-corrected chi connectivity index (χ0v) is 22.8. The lowest BCUT2D eigenvalue weighted by Crippen LogP contribution is -2.37. The van der Waals surface area contributed by atoms with Gasteiger partial charge in [0, 0.05) is 6.42 Å². The average molecular weight is 468 g/mol. The van der Waals surface area contributed by atoms with E-state index in [4.69, 9.17) is 0 Å². The van der Waals surface area contributed by atoms with Gasteiger partial charge in [-0.15, -0.1) is 0 Å². The smallest absolute Gasteiger partial charge is 0.234 e. The van der Waals surface area contributed by atoms with Crippen LogP contribution in [0.2, 0.25) is 0 Å². The lowest BCUT2D eigenvalue weighted by Gasteiger charge is -2.06. The number of hydrogen-bond donors (Lipinski definition) is 0. The van der Waals surface area contributed by atoms with Gasteiger partial charge in [0.1, 0.15) is 18.1 Å². The number of aromatic nitrogens is 2. The molecule has 1 aromatic heterocycles. The second kappa shape index (κ2) is 19.7. The SMILES string of the molecule is CCCCCCCCCCCCCCC[n+]1ccn(-c2ccccc2)c1CCCCCCCC. The maximum Gasteiger partial charge on any atom is 0.261 e. The topological polar surface area (TPSA) is 8.81 Å². The fourth-order valence-corrected chi connectivity index (χ4v) is 5.11. The van der Waals surface area contributed by atoms with Crippen molar-refractivity contribution in [1.29, 1.82) is 0 Å². The first kappa shape index (κ1) is 28.7. The molecule has 192 valence electrons. The number of nitrogens with zero attached hydrogens (tertiary/aromatic N) is 2. The Morgan fingerprint density at radius 3 is 1.56 bits per heavy atom. The molecular formula is C32H55N2+. The van der Waals surface area contributed by atoms with Crippen molar-refractivity contribution in [2.45, 2.75) is 149 Å². The summed E-state index contributed by atoms with van der Waals surface area (Å²) in [5.74, 6) is 1.49. The Labute approximate surface area is 212 Å². The van der Waals surface area contributed by atoms with E-state index in [9.17, 15) is 0 Å². The van der Waals surface area contributed by atoms with Crippen molar-refractivity contribution in [3.8, 4) is 5.69 Å². The predicted molar refractivity (Wildman–Crippen MR) is 149 cm³/mol. The van der Waals surface area contributed by atoms with Gasteiger partial charge in [-0.2, -0.15) is 4.57 Å². The van der Waals surface area contributed by atoms with Crippen molar-refractivity contribution >= 4 is 0 Å². The molecule has 0 saturated heterocycles. The minimum Gasteiger partial charge on any atom is -0.234 e. The molecule has 0 saturated carbocycles. The van der Waals surface area contributed by atoms with Crippen LogP contribution in [0.5, 0.6) is 0 Å². The van der Waals surface area contributed by atoms with Gasteiger partial charge in [0.2, 0.25) is 0 Å². The summed E-state index contributed by atoms with van der Waals surface area (Å²) < 4.78 is 4.96. The third-order valence-electron chi connectivity index (χ3n) is 7.30. The van der Waals surface area contributed by atoms with E-state index in [0.29, 0.717) is 0 Å².